The van der Waals surface area contributed by atoms with Gasteiger partial charge in [-0.15, -0.1) is 0 Å². The Kier molecular flexibility index (Phi) is 6.43. The number of aliphatic imine (C=N–C) groups is 2. The molecular formula is C24H26FN5O2. The van der Waals surface area contributed by atoms with Gasteiger partial charge in [-0.2, -0.15) is 0 Å². The number of aliphatic hydroxyl groups is 1. The molecule has 1 fully saturated rings. The number of halogens is 1. The minimum atomic E-state index is -0.662. The lowest BCUT2D eigenvalue weighted by atomic mass is 9.99. The van der Waals surface area contributed by atoms with E-state index in [9.17, 15) is 10.2 Å². The molecule has 2 heterocycles. The van der Waals surface area contributed by atoms with Crippen LogP contribution in [0.2, 0.25) is 0 Å². The molecule has 1 aliphatic heterocycles. The lowest BCUT2D eigenvalue weighted by Gasteiger charge is -2.25. The van der Waals surface area contributed by atoms with E-state index in [-0.39, 0.29) is 23.2 Å². The molecule has 0 amide bonds. The van der Waals surface area contributed by atoms with Crippen LogP contribution >= 0.6 is 0 Å². The van der Waals surface area contributed by atoms with Gasteiger partial charge in [-0.1, -0.05) is 24.3 Å². The van der Waals surface area contributed by atoms with Gasteiger partial charge in [0.1, 0.15) is 29.7 Å². The van der Waals surface area contributed by atoms with Crippen molar-refractivity contribution >= 4 is 29.0 Å². The molecule has 166 valence electrons. The number of nitrogens with zero attached hydrogens (tertiary/aromatic N) is 4. The van der Waals surface area contributed by atoms with Crippen molar-refractivity contribution in [2.75, 3.05) is 19.8 Å². The van der Waals surface area contributed by atoms with Gasteiger partial charge in [0, 0.05) is 30.9 Å². The summed E-state index contributed by atoms with van der Waals surface area (Å²) in [6.07, 6.45) is 4.03. The Balaban J connectivity index is 1.84. The molecule has 0 saturated carbocycles. The summed E-state index contributed by atoms with van der Waals surface area (Å²) in [6, 6.07) is 10.6. The van der Waals surface area contributed by atoms with E-state index in [1.54, 1.807) is 6.07 Å². The summed E-state index contributed by atoms with van der Waals surface area (Å²) in [5.41, 5.74) is 6.97. The third kappa shape index (κ3) is 4.19. The number of aliphatic hydroxyl groups excluding tert-OH is 1. The first-order valence-corrected chi connectivity index (χ1v) is 10.6. The van der Waals surface area contributed by atoms with Crippen molar-refractivity contribution in [2.24, 2.45) is 15.7 Å². The molecule has 1 aliphatic rings. The molecule has 1 unspecified atom stereocenters. The lowest BCUT2D eigenvalue weighted by Crippen LogP contribution is -2.34. The van der Waals surface area contributed by atoms with Gasteiger partial charge in [0.05, 0.1) is 5.56 Å². The minimum absolute atomic E-state index is 0.00293. The van der Waals surface area contributed by atoms with Crippen molar-refractivity contribution in [3.8, 4) is 17.0 Å². The minimum Gasteiger partial charge on any atom is -0.508 e. The van der Waals surface area contributed by atoms with Crippen LogP contribution in [-0.4, -0.2) is 58.5 Å². The van der Waals surface area contributed by atoms with E-state index in [4.69, 9.17) is 5.73 Å². The average molecular weight is 436 g/mol. The molecule has 1 saturated heterocycles. The highest BCUT2D eigenvalue weighted by atomic mass is 19.1. The van der Waals surface area contributed by atoms with Crippen molar-refractivity contribution in [3.05, 3.63) is 54.0 Å². The number of phenols is 1. The maximum Gasteiger partial charge on any atom is 0.175 e. The van der Waals surface area contributed by atoms with Gasteiger partial charge in [-0.05, 0) is 48.9 Å². The number of hydrogen-bond donors (Lipinski definition) is 3. The van der Waals surface area contributed by atoms with E-state index in [1.807, 2.05) is 29.2 Å². The van der Waals surface area contributed by atoms with Crippen LogP contribution in [0.3, 0.4) is 0 Å². The fourth-order valence-corrected chi connectivity index (χ4v) is 4.23. The Labute approximate surface area is 185 Å². The number of aromatic hydroxyl groups is 1. The summed E-state index contributed by atoms with van der Waals surface area (Å²) in [6.45, 7) is 4.43. The van der Waals surface area contributed by atoms with Gasteiger partial charge >= 0.3 is 0 Å². The Bertz CT molecular complexity index is 1180. The largest absolute Gasteiger partial charge is 0.508 e. The van der Waals surface area contributed by atoms with Crippen LogP contribution < -0.4 is 5.73 Å². The Hall–Kier alpha value is -3.36. The van der Waals surface area contributed by atoms with Crippen LogP contribution in [0.5, 0.6) is 5.75 Å². The van der Waals surface area contributed by atoms with Gasteiger partial charge in [0.2, 0.25) is 0 Å². The van der Waals surface area contributed by atoms with E-state index in [2.05, 4.69) is 21.7 Å². The van der Waals surface area contributed by atoms with Crippen molar-refractivity contribution in [3.63, 3.8) is 0 Å². The van der Waals surface area contributed by atoms with E-state index >= 15 is 4.39 Å². The Morgan fingerprint density at radius 2 is 2.06 bits per heavy atom. The maximum atomic E-state index is 15.8. The molecule has 2 aromatic carbocycles. The van der Waals surface area contributed by atoms with Crippen molar-refractivity contribution in [2.45, 2.75) is 25.3 Å². The summed E-state index contributed by atoms with van der Waals surface area (Å²) in [4.78, 5) is 14.6. The average Bonchev–Trinajstić information content (AvgIpc) is 3.01. The third-order valence-corrected chi connectivity index (χ3v) is 5.79. The first-order valence-electron chi connectivity index (χ1n) is 10.6. The van der Waals surface area contributed by atoms with Crippen molar-refractivity contribution in [1.29, 1.82) is 0 Å². The number of aromatic nitrogens is 1. The molecule has 1 atom stereocenters. The fraction of sp³-hybridized carbons (Fsp3) is 0.292. The van der Waals surface area contributed by atoms with Gasteiger partial charge in [0.15, 0.2) is 5.82 Å². The zero-order valence-corrected chi connectivity index (χ0v) is 17.7. The van der Waals surface area contributed by atoms with Crippen molar-refractivity contribution < 1.29 is 14.6 Å². The molecule has 3 aromatic rings. The number of phenolic OH excluding ortho intramolecular Hbond substituents is 1. The van der Waals surface area contributed by atoms with E-state index < -0.39 is 12.5 Å². The maximum absolute atomic E-state index is 15.8. The van der Waals surface area contributed by atoms with Crippen molar-refractivity contribution in [1.82, 2.24) is 9.88 Å². The quantitative estimate of drug-likeness (QED) is 0.429. The third-order valence-electron chi connectivity index (χ3n) is 5.79. The summed E-state index contributed by atoms with van der Waals surface area (Å²) >= 11 is 0. The predicted molar refractivity (Wildman–Crippen MR) is 125 cm³/mol. The second-order valence-electron chi connectivity index (χ2n) is 7.86. The second-order valence-corrected chi connectivity index (χ2v) is 7.86. The highest BCUT2D eigenvalue weighted by Gasteiger charge is 2.25. The lowest BCUT2D eigenvalue weighted by molar-refractivity contribution is 0.305. The SMILES string of the molecule is C=Nc1c(/C(=N\CO)N2CCCC(N)CC2)cnc(-c2cc(O)cc3ccccc23)c1F. The van der Waals surface area contributed by atoms with Gasteiger partial charge in [-0.3, -0.25) is 9.98 Å². The second kappa shape index (κ2) is 9.42. The molecule has 0 bridgehead atoms. The molecule has 4 rings (SSSR count). The zero-order valence-electron chi connectivity index (χ0n) is 17.7. The molecular weight excluding hydrogens is 409 g/mol. The van der Waals surface area contributed by atoms with Crippen LogP contribution in [-0.2, 0) is 0 Å². The molecule has 0 spiro atoms. The number of rotatable bonds is 4. The smallest absolute Gasteiger partial charge is 0.175 e. The first-order chi connectivity index (χ1) is 15.5. The molecule has 0 aliphatic carbocycles. The molecule has 8 heteroatoms. The van der Waals surface area contributed by atoms with Crippen LogP contribution in [0.4, 0.5) is 10.1 Å². The number of hydrogen-bond acceptors (Lipinski definition) is 6. The molecule has 7 nitrogen and oxygen atoms in total. The molecule has 32 heavy (non-hydrogen) atoms. The normalized spacial score (nSPS) is 17.4. The number of amidine groups is 1. The highest BCUT2D eigenvalue weighted by Crippen LogP contribution is 2.37. The number of pyridine rings is 1. The molecule has 1 aromatic heterocycles. The summed E-state index contributed by atoms with van der Waals surface area (Å²) in [5, 5.41) is 21.2. The van der Waals surface area contributed by atoms with Crippen LogP contribution in [0.15, 0.2) is 52.6 Å². The summed E-state index contributed by atoms with van der Waals surface area (Å²) in [5.74, 6) is -0.228. The predicted octanol–water partition coefficient (Wildman–Crippen LogP) is 3.59. The zero-order chi connectivity index (χ0) is 22.7. The Morgan fingerprint density at radius 3 is 2.84 bits per heavy atom. The number of fused-ring (bicyclic) bond motifs is 1. The van der Waals surface area contributed by atoms with Crippen LogP contribution in [0.25, 0.3) is 22.0 Å². The van der Waals surface area contributed by atoms with Gasteiger partial charge in [0.25, 0.3) is 0 Å². The van der Waals surface area contributed by atoms with Crippen LogP contribution in [0, 0.1) is 5.82 Å². The van der Waals surface area contributed by atoms with E-state index in [1.165, 1.54) is 12.3 Å². The number of benzene rings is 2. The summed E-state index contributed by atoms with van der Waals surface area (Å²) in [7, 11) is 0. The van der Waals surface area contributed by atoms with Gasteiger partial charge in [-0.25, -0.2) is 9.38 Å². The van der Waals surface area contributed by atoms with Crippen LogP contribution in [0.1, 0.15) is 24.8 Å². The topological polar surface area (TPSA) is 107 Å². The van der Waals surface area contributed by atoms with E-state index in [0.29, 0.717) is 30.1 Å². The monoisotopic (exact) mass is 435 g/mol. The summed E-state index contributed by atoms with van der Waals surface area (Å²) < 4.78 is 15.8. The molecule has 0 radical (unpaired) electrons. The fourth-order valence-electron chi connectivity index (χ4n) is 4.23. The van der Waals surface area contributed by atoms with E-state index in [0.717, 1.165) is 30.0 Å². The number of likely N-dealkylation sites (tertiary alicyclic amines) is 1. The highest BCUT2D eigenvalue weighted by molar-refractivity contribution is 6.04. The first kappa shape index (κ1) is 21.9. The molecule has 4 N–H and O–H groups in total. The van der Waals surface area contributed by atoms with Gasteiger partial charge < -0.3 is 20.8 Å². The number of nitrogens with two attached hydrogens (primary N) is 1. The standard InChI is InChI=1S/C24H26FN5O2/c1-27-22-20(24(29-14-31)30-9-4-6-16(26)8-10-30)13-28-23(21(22)25)19-12-17(32)11-15-5-2-3-7-18(15)19/h2-3,5,7,11-13,16,31-32H,1,4,6,8-10,14,26H2/b29-24+. The Morgan fingerprint density at radius 1 is 1.25 bits per heavy atom.